The monoisotopic (exact) mass is 436 g/mol. The Bertz CT molecular complexity index is 1080. The van der Waals surface area contributed by atoms with Gasteiger partial charge >= 0.3 is 6.97 Å². The summed E-state index contributed by atoms with van der Waals surface area (Å²) in [6.07, 6.45) is 1.81. The molecule has 2 aliphatic rings. The number of hydrogen-bond donors (Lipinski definition) is 0. The topological polar surface area (TPSA) is 7.94 Å². The molecule has 1 aromatic heterocycles. The molecule has 2 aliphatic heterocycles. The molecule has 0 bridgehead atoms. The van der Waals surface area contributed by atoms with Crippen LogP contribution in [0.3, 0.4) is 0 Å². The van der Waals surface area contributed by atoms with E-state index in [1.807, 2.05) is 44.2 Å². The minimum atomic E-state index is -3.96. The summed E-state index contributed by atoms with van der Waals surface area (Å²) in [6.45, 7) is 3.23. The lowest BCUT2D eigenvalue weighted by molar-refractivity contribution is -0.363. The van der Waals surface area contributed by atoms with E-state index in [0.29, 0.717) is 27.8 Å². The molecule has 2 nitrogen and oxygen atoms in total. The first-order valence-corrected chi connectivity index (χ1v) is 9.54. The van der Waals surface area contributed by atoms with Crippen LogP contribution in [0.2, 0.25) is 5.02 Å². The lowest BCUT2D eigenvalue weighted by Crippen LogP contribution is -2.51. The van der Waals surface area contributed by atoms with Crippen LogP contribution in [0.25, 0.3) is 5.57 Å². The van der Waals surface area contributed by atoms with E-state index in [9.17, 15) is 0 Å². The van der Waals surface area contributed by atoms with Crippen LogP contribution in [0.4, 0.5) is 8.63 Å². The predicted molar refractivity (Wildman–Crippen MR) is 107 cm³/mol. The fraction of sp³-hybridized carbons (Fsp3) is 0.211. The van der Waals surface area contributed by atoms with E-state index in [-0.39, 0.29) is 0 Å². The molecular weight excluding hydrogens is 420 g/mol. The third-order valence-corrected chi connectivity index (χ3v) is 6.45. The van der Waals surface area contributed by atoms with Gasteiger partial charge in [0, 0.05) is 34.3 Å². The number of halogens is 4. The van der Waals surface area contributed by atoms with E-state index in [4.69, 9.17) is 11.6 Å². The Balaban J connectivity index is 2.22. The van der Waals surface area contributed by atoms with Gasteiger partial charge in [0.05, 0.1) is 10.6 Å². The van der Waals surface area contributed by atoms with E-state index < -0.39 is 6.97 Å². The number of aryl methyl sites for hydroxylation is 2. The van der Waals surface area contributed by atoms with Gasteiger partial charge in [-0.2, -0.15) is 0 Å². The number of rotatable bonds is 1. The minimum Gasteiger partial charge on any atom is -0.393 e. The van der Waals surface area contributed by atoms with Crippen molar-refractivity contribution in [2.24, 2.45) is 0 Å². The second kappa shape index (κ2) is 5.67. The fourth-order valence-corrected chi connectivity index (χ4v) is 4.84. The van der Waals surface area contributed by atoms with Crippen molar-refractivity contribution >= 4 is 45.8 Å². The minimum absolute atomic E-state index is 0.523. The molecule has 0 unspecified atom stereocenters. The van der Waals surface area contributed by atoms with E-state index in [2.05, 4.69) is 15.9 Å². The molecular formula is C19H17BBrClF2N2. The van der Waals surface area contributed by atoms with E-state index in [1.54, 1.807) is 13.8 Å². The van der Waals surface area contributed by atoms with Crippen molar-refractivity contribution in [3.8, 4) is 0 Å². The molecule has 0 saturated carbocycles. The normalized spacial score (nSPS) is 18.2. The molecule has 1 aromatic carbocycles. The van der Waals surface area contributed by atoms with Gasteiger partial charge in [0.1, 0.15) is 5.71 Å². The van der Waals surface area contributed by atoms with Crippen LogP contribution in [0, 0.1) is 13.8 Å². The van der Waals surface area contributed by atoms with Gasteiger partial charge in [-0.3, -0.25) is 0 Å². The number of nitrogens with zero attached hydrogens (tertiary/aromatic N) is 2. The average Bonchev–Trinajstić information content (AvgIpc) is 3.01. The third kappa shape index (κ3) is 2.18. The molecule has 134 valence electrons. The Morgan fingerprint density at radius 2 is 1.85 bits per heavy atom. The number of fused-ring (bicyclic) bond motifs is 2. The molecule has 0 atom stereocenters. The summed E-state index contributed by atoms with van der Waals surface area (Å²) in [5, 5.41) is 0.523. The van der Waals surface area contributed by atoms with Crippen molar-refractivity contribution in [1.29, 1.82) is 0 Å². The largest absolute Gasteiger partial charge is 0.737 e. The van der Waals surface area contributed by atoms with Crippen LogP contribution in [-0.4, -0.2) is 21.6 Å². The Hall–Kier alpha value is -1.66. The molecule has 0 aliphatic carbocycles. The second-order valence-electron chi connectivity index (χ2n) is 6.94. The summed E-state index contributed by atoms with van der Waals surface area (Å²) in [4.78, 5) is 0. The molecule has 0 spiro atoms. The molecule has 0 radical (unpaired) electrons. The first-order chi connectivity index (χ1) is 12.2. The molecule has 0 fully saturated rings. The second-order valence-corrected chi connectivity index (χ2v) is 8.17. The van der Waals surface area contributed by atoms with Crippen LogP contribution in [-0.2, 0) is 0 Å². The maximum absolute atomic E-state index is 15.5. The maximum Gasteiger partial charge on any atom is 0.737 e. The highest BCUT2D eigenvalue weighted by atomic mass is 79.9. The Labute approximate surface area is 164 Å². The van der Waals surface area contributed by atoms with Crippen molar-refractivity contribution in [3.05, 3.63) is 73.6 Å². The zero-order chi connectivity index (χ0) is 19.0. The van der Waals surface area contributed by atoms with Crippen molar-refractivity contribution in [1.82, 2.24) is 4.48 Å². The van der Waals surface area contributed by atoms with Crippen molar-refractivity contribution in [3.63, 3.8) is 0 Å². The smallest absolute Gasteiger partial charge is 0.393 e. The highest BCUT2D eigenvalue weighted by Crippen LogP contribution is 2.46. The number of benzene rings is 1. The highest BCUT2D eigenvalue weighted by Gasteiger charge is 2.55. The predicted octanol–water partition coefficient (Wildman–Crippen LogP) is 5.95. The molecule has 3 heterocycles. The third-order valence-electron chi connectivity index (χ3n) is 5.16. The SMILES string of the molecule is CC1=CC(C)=[N+]2C1=C(c1cccc(Br)c1Cl)c1c(C)cc(C)n1[B-]2(F)F. The molecule has 0 saturated heterocycles. The quantitative estimate of drug-likeness (QED) is 0.487. The van der Waals surface area contributed by atoms with Gasteiger partial charge in [0.25, 0.3) is 0 Å². The molecule has 26 heavy (non-hydrogen) atoms. The molecule has 0 amide bonds. The Morgan fingerprint density at radius 1 is 1.15 bits per heavy atom. The van der Waals surface area contributed by atoms with Gasteiger partial charge in [-0.25, -0.2) is 0 Å². The van der Waals surface area contributed by atoms with Crippen LogP contribution < -0.4 is 0 Å². The van der Waals surface area contributed by atoms with E-state index in [0.717, 1.165) is 26.7 Å². The number of hydrogen-bond acceptors (Lipinski definition) is 0. The molecule has 4 rings (SSSR count). The Kier molecular flexibility index (Phi) is 3.87. The molecule has 0 N–H and O–H groups in total. The van der Waals surface area contributed by atoms with Gasteiger partial charge in [0.15, 0.2) is 5.70 Å². The summed E-state index contributed by atoms with van der Waals surface area (Å²) in [5.41, 5.74) is 5.31. The zero-order valence-corrected chi connectivity index (χ0v) is 17.2. The standard InChI is InChI=1S/C19H17BBrClF2N2/c1-10-8-12(3)25-18(10)16(14-6-5-7-15(21)17(14)22)19-11(2)9-13(4)26(19)20(25,23)24/h5-9H,1-4H3. The van der Waals surface area contributed by atoms with Crippen molar-refractivity contribution < 1.29 is 13.1 Å². The summed E-state index contributed by atoms with van der Waals surface area (Å²) < 4.78 is 34.2. The van der Waals surface area contributed by atoms with Crippen LogP contribution in [0.5, 0.6) is 0 Å². The van der Waals surface area contributed by atoms with Crippen molar-refractivity contribution in [2.75, 3.05) is 0 Å². The lowest BCUT2D eigenvalue weighted by atomic mass is 9.84. The first kappa shape index (κ1) is 17.7. The summed E-state index contributed by atoms with van der Waals surface area (Å²) >= 11 is 10.0. The lowest BCUT2D eigenvalue weighted by Gasteiger charge is -2.34. The maximum atomic E-state index is 15.5. The zero-order valence-electron chi connectivity index (χ0n) is 14.9. The number of aromatic nitrogens is 1. The molecule has 2 aromatic rings. The summed E-state index contributed by atoms with van der Waals surface area (Å²) in [7, 11) is 0. The molecule has 7 heteroatoms. The van der Waals surface area contributed by atoms with Gasteiger partial charge in [0.2, 0.25) is 0 Å². The van der Waals surface area contributed by atoms with Crippen molar-refractivity contribution in [2.45, 2.75) is 27.7 Å². The van der Waals surface area contributed by atoms with Gasteiger partial charge in [-0.05, 0) is 60.1 Å². The van der Waals surface area contributed by atoms with Gasteiger partial charge in [-0.15, -0.1) is 0 Å². The summed E-state index contributed by atoms with van der Waals surface area (Å²) in [6, 6.07) is 7.42. The summed E-state index contributed by atoms with van der Waals surface area (Å²) in [5.74, 6) is 0. The van der Waals surface area contributed by atoms with E-state index >= 15 is 8.63 Å². The van der Waals surface area contributed by atoms with E-state index in [1.165, 1.54) is 8.96 Å². The highest BCUT2D eigenvalue weighted by molar-refractivity contribution is 9.10. The fourth-order valence-electron chi connectivity index (χ4n) is 4.25. The van der Waals surface area contributed by atoms with Gasteiger partial charge in [-0.1, -0.05) is 23.7 Å². The van der Waals surface area contributed by atoms with Crippen LogP contribution >= 0.6 is 27.5 Å². The van der Waals surface area contributed by atoms with Crippen LogP contribution in [0.15, 0.2) is 46.1 Å². The Morgan fingerprint density at radius 3 is 2.54 bits per heavy atom. The van der Waals surface area contributed by atoms with Gasteiger partial charge < -0.3 is 17.6 Å². The van der Waals surface area contributed by atoms with Crippen LogP contribution in [0.1, 0.15) is 36.4 Å². The number of allylic oxidation sites excluding steroid dienone is 2. The average molecular weight is 438 g/mol. The first-order valence-electron chi connectivity index (χ1n) is 8.37.